The van der Waals surface area contributed by atoms with Crippen molar-refractivity contribution in [1.82, 2.24) is 0 Å². The lowest BCUT2D eigenvalue weighted by molar-refractivity contribution is 0.104. The van der Waals surface area contributed by atoms with Crippen LogP contribution in [-0.2, 0) is 10.0 Å². The van der Waals surface area contributed by atoms with Crippen LogP contribution in [-0.4, -0.2) is 44.4 Å². The average molecular weight is 440 g/mol. The molecule has 0 bridgehead atoms. The van der Waals surface area contributed by atoms with Gasteiger partial charge in [-0.3, -0.25) is 9.79 Å². The molecule has 0 amide bonds. The molecule has 0 atom stereocenters. The summed E-state index contributed by atoms with van der Waals surface area (Å²) in [6.07, 6.45) is 3.13. The van der Waals surface area contributed by atoms with Crippen molar-refractivity contribution in [3.63, 3.8) is 0 Å². The number of Topliss-reactive ketones (excluding diaryl/α,β-unsaturated/α-hetero) is 1. The summed E-state index contributed by atoms with van der Waals surface area (Å²) in [7, 11) is -4.00. The van der Waals surface area contributed by atoms with Gasteiger partial charge in [-0.15, -0.1) is 0 Å². The number of carbonyl (C=O) groups excluding carboxylic acids is 1. The first-order valence-electron chi connectivity index (χ1n) is 9.16. The van der Waals surface area contributed by atoms with Gasteiger partial charge < -0.3 is 4.74 Å². The summed E-state index contributed by atoms with van der Waals surface area (Å²) >= 11 is 1.10. The van der Waals surface area contributed by atoms with Gasteiger partial charge in [-0.2, -0.15) is 12.8 Å². The van der Waals surface area contributed by atoms with E-state index in [9.17, 15) is 13.2 Å². The molecule has 0 saturated heterocycles. The lowest BCUT2D eigenvalue weighted by atomic mass is 9.94. The molecule has 0 N–H and O–H groups in total. The minimum Gasteiger partial charge on any atom is -0.494 e. The van der Waals surface area contributed by atoms with Gasteiger partial charge in [-0.05, 0) is 49.0 Å². The third-order valence-electron chi connectivity index (χ3n) is 4.30. The predicted molar refractivity (Wildman–Crippen MR) is 119 cm³/mol. The Morgan fingerprint density at radius 2 is 1.83 bits per heavy atom. The third kappa shape index (κ3) is 4.12. The third-order valence-corrected chi connectivity index (χ3v) is 6.55. The number of amidine groups is 1. The van der Waals surface area contributed by atoms with E-state index in [-0.39, 0.29) is 16.4 Å². The normalized spacial score (nSPS) is 17.0. The van der Waals surface area contributed by atoms with Crippen molar-refractivity contribution in [3.8, 4) is 5.75 Å². The number of thioether (sulfide) groups is 1. The van der Waals surface area contributed by atoms with Crippen LogP contribution in [0.3, 0.4) is 0 Å². The Labute approximate surface area is 178 Å². The summed E-state index contributed by atoms with van der Waals surface area (Å²) in [4.78, 5) is 21.5. The topological polar surface area (TPSA) is 97.5 Å². The molecule has 0 saturated carbocycles. The lowest BCUT2D eigenvalue weighted by Gasteiger charge is -2.16. The van der Waals surface area contributed by atoms with Gasteiger partial charge in [0.15, 0.2) is 5.17 Å². The van der Waals surface area contributed by atoms with Gasteiger partial charge in [0.2, 0.25) is 5.78 Å². The molecule has 0 radical (unpaired) electrons. The molecular formula is C21H17N3O4S2. The summed E-state index contributed by atoms with van der Waals surface area (Å²) in [5.74, 6) is 0.368. The zero-order valence-corrected chi connectivity index (χ0v) is 17.6. The predicted octanol–water partition coefficient (Wildman–Crippen LogP) is 3.52. The number of ketones is 1. The second-order valence-corrected chi connectivity index (χ2v) is 8.89. The maximum Gasteiger partial charge on any atom is 0.282 e. The molecule has 7 nitrogen and oxygen atoms in total. The molecule has 2 aromatic rings. The number of benzene rings is 2. The Balaban J connectivity index is 1.75. The molecule has 0 fully saturated rings. The first kappa shape index (κ1) is 20.2. The summed E-state index contributed by atoms with van der Waals surface area (Å²) in [5.41, 5.74) is 1.06. The van der Waals surface area contributed by atoms with Crippen LogP contribution in [0, 0.1) is 0 Å². The smallest absolute Gasteiger partial charge is 0.282 e. The fourth-order valence-corrected chi connectivity index (χ4v) is 4.78. The van der Waals surface area contributed by atoms with Crippen LogP contribution in [0.15, 0.2) is 78.8 Å². The number of ether oxygens (including phenoxy) is 1. The van der Waals surface area contributed by atoms with Crippen LogP contribution in [0.1, 0.15) is 22.8 Å². The quantitative estimate of drug-likeness (QED) is 0.710. The monoisotopic (exact) mass is 439 g/mol. The standard InChI is InChI=1S/C21H17N3O4S2/c1-2-28-14-7-9-15(10-8-14)30(26,27)24-18-13-19(29-21-22-11-12-23-21)20(25)17-6-4-3-5-16(17)18/h3-11,13H,2,12H2,1H3. The van der Waals surface area contributed by atoms with Crippen molar-refractivity contribution in [1.29, 1.82) is 0 Å². The minimum atomic E-state index is -4.00. The number of hydrogen-bond donors (Lipinski definition) is 0. The Morgan fingerprint density at radius 3 is 2.50 bits per heavy atom. The molecule has 1 heterocycles. The first-order chi connectivity index (χ1) is 14.5. The van der Waals surface area contributed by atoms with Crippen LogP contribution >= 0.6 is 11.8 Å². The highest BCUT2D eigenvalue weighted by Gasteiger charge is 2.27. The van der Waals surface area contributed by atoms with E-state index in [1.807, 2.05) is 6.92 Å². The van der Waals surface area contributed by atoms with Crippen LogP contribution in [0.25, 0.3) is 0 Å². The second-order valence-electron chi connectivity index (χ2n) is 6.28. The fraction of sp³-hybridized carbons (Fsp3) is 0.143. The largest absolute Gasteiger partial charge is 0.494 e. The number of aliphatic imine (C=N–C) groups is 2. The molecule has 0 spiro atoms. The van der Waals surface area contributed by atoms with Gasteiger partial charge in [0.1, 0.15) is 5.75 Å². The summed E-state index contributed by atoms with van der Waals surface area (Å²) in [6.45, 7) is 2.80. The molecule has 30 heavy (non-hydrogen) atoms. The molecular weight excluding hydrogens is 422 g/mol. The lowest BCUT2D eigenvalue weighted by Crippen LogP contribution is -2.18. The molecule has 4 rings (SSSR count). The number of hydrogen-bond acceptors (Lipinski definition) is 7. The number of carbonyl (C=O) groups is 1. The Kier molecular flexibility index (Phi) is 5.65. The summed E-state index contributed by atoms with van der Waals surface area (Å²) in [5, 5.41) is 0.461. The Bertz CT molecular complexity index is 1230. The molecule has 0 unspecified atom stereocenters. The summed E-state index contributed by atoms with van der Waals surface area (Å²) < 4.78 is 35.2. The first-order valence-corrected chi connectivity index (χ1v) is 11.4. The zero-order chi connectivity index (χ0) is 21.1. The van der Waals surface area contributed by atoms with E-state index in [0.29, 0.717) is 40.1 Å². The maximum absolute atomic E-state index is 12.9. The Hall–Kier alpha value is -3.04. The number of rotatable bonds is 5. The van der Waals surface area contributed by atoms with Gasteiger partial charge in [-0.1, -0.05) is 24.3 Å². The Morgan fingerprint density at radius 1 is 1.10 bits per heavy atom. The van der Waals surface area contributed by atoms with Crippen molar-refractivity contribution in [2.24, 2.45) is 14.4 Å². The van der Waals surface area contributed by atoms with Gasteiger partial charge in [0.05, 0.1) is 28.7 Å². The van der Waals surface area contributed by atoms with E-state index in [4.69, 9.17) is 4.74 Å². The van der Waals surface area contributed by atoms with Crippen molar-refractivity contribution >= 4 is 44.7 Å². The molecule has 2 aromatic carbocycles. The average Bonchev–Trinajstić information content (AvgIpc) is 3.25. The van der Waals surface area contributed by atoms with E-state index in [1.54, 1.807) is 42.6 Å². The number of nitrogens with zero attached hydrogens (tertiary/aromatic N) is 3. The summed E-state index contributed by atoms with van der Waals surface area (Å²) in [6, 6.07) is 12.9. The number of fused-ring (bicyclic) bond motifs is 1. The van der Waals surface area contributed by atoms with Gasteiger partial charge >= 0.3 is 0 Å². The van der Waals surface area contributed by atoms with E-state index < -0.39 is 10.0 Å². The highest BCUT2D eigenvalue weighted by Crippen LogP contribution is 2.31. The second kappa shape index (κ2) is 8.37. The molecule has 1 aliphatic heterocycles. The van der Waals surface area contributed by atoms with Crippen molar-refractivity contribution in [2.45, 2.75) is 11.8 Å². The fourth-order valence-electron chi connectivity index (χ4n) is 2.95. The molecule has 1 aliphatic carbocycles. The van der Waals surface area contributed by atoms with Gasteiger partial charge in [-0.25, -0.2) is 4.99 Å². The highest BCUT2D eigenvalue weighted by molar-refractivity contribution is 8.18. The van der Waals surface area contributed by atoms with E-state index in [2.05, 4.69) is 14.4 Å². The van der Waals surface area contributed by atoms with Crippen molar-refractivity contribution in [2.75, 3.05) is 13.2 Å². The van der Waals surface area contributed by atoms with Crippen molar-refractivity contribution < 1.29 is 17.9 Å². The number of sulfonamides is 1. The van der Waals surface area contributed by atoms with Crippen LogP contribution < -0.4 is 4.74 Å². The van der Waals surface area contributed by atoms with E-state index in [1.165, 1.54) is 18.2 Å². The van der Waals surface area contributed by atoms with Crippen LogP contribution in [0.5, 0.6) is 5.75 Å². The van der Waals surface area contributed by atoms with Crippen molar-refractivity contribution in [3.05, 3.63) is 70.6 Å². The van der Waals surface area contributed by atoms with Crippen LogP contribution in [0.4, 0.5) is 0 Å². The minimum absolute atomic E-state index is 0.0419. The highest BCUT2D eigenvalue weighted by atomic mass is 32.2. The SMILES string of the molecule is CCOc1ccc(S(=O)(=O)N=C2C=C(SC3=NCC=N3)C(=O)c3ccccc32)cc1. The van der Waals surface area contributed by atoms with E-state index in [0.717, 1.165) is 11.8 Å². The van der Waals surface area contributed by atoms with E-state index >= 15 is 0 Å². The molecule has 9 heteroatoms. The van der Waals surface area contributed by atoms with Crippen LogP contribution in [0.2, 0.25) is 0 Å². The number of allylic oxidation sites excluding steroid dienone is 2. The molecule has 0 aromatic heterocycles. The van der Waals surface area contributed by atoms with Gasteiger partial charge in [0.25, 0.3) is 10.0 Å². The molecule has 2 aliphatic rings. The maximum atomic E-state index is 12.9. The molecule has 152 valence electrons. The van der Waals surface area contributed by atoms with Gasteiger partial charge in [0, 0.05) is 17.3 Å². The zero-order valence-electron chi connectivity index (χ0n) is 16.0.